The molecule has 0 atom stereocenters. The highest BCUT2D eigenvalue weighted by molar-refractivity contribution is 5.47. The van der Waals surface area contributed by atoms with Gasteiger partial charge in [0.15, 0.2) is 0 Å². The number of aliphatic hydroxyl groups is 1. The van der Waals surface area contributed by atoms with Crippen LogP contribution in [0.15, 0.2) is 84.9 Å². The molecular weight excluding hydrogens is 334 g/mol. The van der Waals surface area contributed by atoms with E-state index in [1.807, 2.05) is 60.7 Å². The fourth-order valence-electron chi connectivity index (χ4n) is 3.73. The summed E-state index contributed by atoms with van der Waals surface area (Å²) in [7, 11) is 0. The predicted octanol–water partition coefficient (Wildman–Crippen LogP) is 3.80. The fourth-order valence-corrected chi connectivity index (χ4v) is 3.73. The molecule has 1 aliphatic rings. The fraction of sp³-hybridized carbons (Fsp3) is 0.250. The molecular formula is C24H25NO2. The Morgan fingerprint density at radius 2 is 1.19 bits per heavy atom. The van der Waals surface area contributed by atoms with Gasteiger partial charge in [-0.3, -0.25) is 4.90 Å². The minimum atomic E-state index is -1.17. The summed E-state index contributed by atoms with van der Waals surface area (Å²) in [4.78, 5) is 2.40. The summed E-state index contributed by atoms with van der Waals surface area (Å²) in [5.74, 6) is 0. The normalized spacial score (nSPS) is 15.6. The maximum atomic E-state index is 11.8. The number of hydrogen-bond acceptors (Lipinski definition) is 3. The average molecular weight is 359 g/mol. The van der Waals surface area contributed by atoms with E-state index in [1.54, 1.807) is 0 Å². The molecule has 1 aliphatic heterocycles. The first-order valence-corrected chi connectivity index (χ1v) is 9.50. The summed E-state index contributed by atoms with van der Waals surface area (Å²) in [6, 6.07) is 28.1. The van der Waals surface area contributed by atoms with Crippen LogP contribution in [0.1, 0.15) is 22.3 Å². The summed E-state index contributed by atoms with van der Waals surface area (Å²) < 4.78 is 5.42. The monoisotopic (exact) mass is 359 g/mol. The summed E-state index contributed by atoms with van der Waals surface area (Å²) in [6.45, 7) is 4.47. The predicted molar refractivity (Wildman–Crippen MR) is 108 cm³/mol. The maximum Gasteiger partial charge on any atom is 0.140 e. The maximum absolute atomic E-state index is 11.8. The van der Waals surface area contributed by atoms with E-state index in [0.29, 0.717) is 0 Å². The molecule has 1 saturated heterocycles. The van der Waals surface area contributed by atoms with Crippen LogP contribution >= 0.6 is 0 Å². The summed E-state index contributed by atoms with van der Waals surface area (Å²) in [6.07, 6.45) is 0. The molecule has 138 valence electrons. The second kappa shape index (κ2) is 8.05. The molecule has 3 nitrogen and oxygen atoms in total. The Bertz CT molecular complexity index is 801. The van der Waals surface area contributed by atoms with Gasteiger partial charge in [-0.15, -0.1) is 0 Å². The van der Waals surface area contributed by atoms with E-state index in [-0.39, 0.29) is 0 Å². The molecule has 3 heteroatoms. The first-order valence-electron chi connectivity index (χ1n) is 9.50. The standard InChI is InChI=1S/C24H25NO2/c26-24(21-7-3-1-4-8-21,22-9-5-2-6-10-22)23-13-11-20(12-14-23)19-25-15-17-27-18-16-25/h1-14,26H,15-19H2. The average Bonchev–Trinajstić information content (AvgIpc) is 2.76. The first kappa shape index (κ1) is 17.9. The van der Waals surface area contributed by atoms with Crippen molar-refractivity contribution in [3.05, 3.63) is 107 Å². The van der Waals surface area contributed by atoms with Crippen molar-refractivity contribution in [1.29, 1.82) is 0 Å². The Kier molecular flexibility index (Phi) is 5.35. The molecule has 0 unspecified atom stereocenters. The van der Waals surface area contributed by atoms with Crippen molar-refractivity contribution in [1.82, 2.24) is 4.90 Å². The minimum absolute atomic E-state index is 0.805. The molecule has 0 amide bonds. The van der Waals surface area contributed by atoms with Crippen molar-refractivity contribution in [3.63, 3.8) is 0 Å². The molecule has 0 bridgehead atoms. The highest BCUT2D eigenvalue weighted by Crippen LogP contribution is 2.36. The zero-order valence-electron chi connectivity index (χ0n) is 15.4. The van der Waals surface area contributed by atoms with Gasteiger partial charge in [-0.05, 0) is 22.3 Å². The lowest BCUT2D eigenvalue weighted by molar-refractivity contribution is 0.0342. The lowest BCUT2D eigenvalue weighted by Crippen LogP contribution is -2.35. The van der Waals surface area contributed by atoms with Crippen molar-refractivity contribution >= 4 is 0 Å². The van der Waals surface area contributed by atoms with Crippen molar-refractivity contribution in [3.8, 4) is 0 Å². The zero-order chi connectivity index (χ0) is 18.5. The number of nitrogens with zero attached hydrogens (tertiary/aromatic N) is 1. The largest absolute Gasteiger partial charge is 0.379 e. The van der Waals surface area contributed by atoms with Gasteiger partial charge in [-0.2, -0.15) is 0 Å². The van der Waals surface area contributed by atoms with E-state index in [4.69, 9.17) is 4.74 Å². The molecule has 1 heterocycles. The van der Waals surface area contributed by atoms with Crippen LogP contribution in [0.2, 0.25) is 0 Å². The topological polar surface area (TPSA) is 32.7 Å². The van der Waals surface area contributed by atoms with Crippen LogP contribution in [0.4, 0.5) is 0 Å². The van der Waals surface area contributed by atoms with Crippen LogP contribution in [-0.4, -0.2) is 36.3 Å². The highest BCUT2D eigenvalue weighted by Gasteiger charge is 2.33. The minimum Gasteiger partial charge on any atom is -0.379 e. The van der Waals surface area contributed by atoms with Crippen LogP contribution in [0, 0.1) is 0 Å². The van der Waals surface area contributed by atoms with Gasteiger partial charge < -0.3 is 9.84 Å². The van der Waals surface area contributed by atoms with Gasteiger partial charge in [-0.1, -0.05) is 84.9 Å². The Hall–Kier alpha value is -2.46. The van der Waals surface area contributed by atoms with Crippen molar-refractivity contribution in [2.24, 2.45) is 0 Å². The zero-order valence-corrected chi connectivity index (χ0v) is 15.4. The number of rotatable bonds is 5. The van der Waals surface area contributed by atoms with Crippen LogP contribution < -0.4 is 0 Å². The van der Waals surface area contributed by atoms with Gasteiger partial charge in [-0.25, -0.2) is 0 Å². The Morgan fingerprint density at radius 1 is 0.704 bits per heavy atom. The van der Waals surface area contributed by atoms with E-state index in [0.717, 1.165) is 49.5 Å². The van der Waals surface area contributed by atoms with Gasteiger partial charge >= 0.3 is 0 Å². The molecule has 0 spiro atoms. The third kappa shape index (κ3) is 3.81. The lowest BCUT2D eigenvalue weighted by atomic mass is 9.80. The summed E-state index contributed by atoms with van der Waals surface area (Å²) >= 11 is 0. The SMILES string of the molecule is OC(c1ccccc1)(c1ccccc1)c1ccc(CN2CCOCC2)cc1. The van der Waals surface area contributed by atoms with Gasteiger partial charge in [0.25, 0.3) is 0 Å². The van der Waals surface area contributed by atoms with Gasteiger partial charge in [0.2, 0.25) is 0 Å². The van der Waals surface area contributed by atoms with E-state index in [1.165, 1.54) is 5.56 Å². The smallest absolute Gasteiger partial charge is 0.140 e. The van der Waals surface area contributed by atoms with Crippen molar-refractivity contribution in [2.45, 2.75) is 12.1 Å². The second-order valence-corrected chi connectivity index (χ2v) is 7.03. The Balaban J connectivity index is 1.66. The molecule has 3 aromatic rings. The number of benzene rings is 3. The number of morpholine rings is 1. The van der Waals surface area contributed by atoms with Crippen molar-refractivity contribution in [2.75, 3.05) is 26.3 Å². The van der Waals surface area contributed by atoms with Crippen LogP contribution in [0.5, 0.6) is 0 Å². The summed E-state index contributed by atoms with van der Waals surface area (Å²) in [5, 5.41) is 11.8. The quantitative estimate of drug-likeness (QED) is 0.703. The van der Waals surface area contributed by atoms with E-state index in [9.17, 15) is 5.11 Å². The van der Waals surface area contributed by atoms with E-state index < -0.39 is 5.60 Å². The molecule has 0 radical (unpaired) electrons. The molecule has 1 fully saturated rings. The third-order valence-electron chi connectivity index (χ3n) is 5.26. The van der Waals surface area contributed by atoms with Crippen molar-refractivity contribution < 1.29 is 9.84 Å². The molecule has 0 aliphatic carbocycles. The Labute approximate surface area is 160 Å². The number of hydrogen-bond donors (Lipinski definition) is 1. The van der Waals surface area contributed by atoms with Crippen LogP contribution in [-0.2, 0) is 16.9 Å². The lowest BCUT2D eigenvalue weighted by Gasteiger charge is -2.31. The third-order valence-corrected chi connectivity index (χ3v) is 5.26. The molecule has 27 heavy (non-hydrogen) atoms. The Morgan fingerprint density at radius 3 is 1.70 bits per heavy atom. The van der Waals surface area contributed by atoms with E-state index in [2.05, 4.69) is 29.2 Å². The first-order chi connectivity index (χ1) is 13.3. The van der Waals surface area contributed by atoms with Gasteiger partial charge in [0, 0.05) is 19.6 Å². The highest BCUT2D eigenvalue weighted by atomic mass is 16.5. The molecule has 0 aromatic heterocycles. The molecule has 3 aromatic carbocycles. The van der Waals surface area contributed by atoms with Crippen LogP contribution in [0.3, 0.4) is 0 Å². The van der Waals surface area contributed by atoms with E-state index >= 15 is 0 Å². The molecule has 4 rings (SSSR count). The number of ether oxygens (including phenoxy) is 1. The molecule has 1 N–H and O–H groups in total. The second-order valence-electron chi connectivity index (χ2n) is 7.03. The summed E-state index contributed by atoms with van der Waals surface area (Å²) in [5.41, 5.74) is 2.71. The molecule has 0 saturated carbocycles. The van der Waals surface area contributed by atoms with Gasteiger partial charge in [0.1, 0.15) is 5.60 Å². The van der Waals surface area contributed by atoms with Gasteiger partial charge in [0.05, 0.1) is 13.2 Å². The van der Waals surface area contributed by atoms with Crippen LogP contribution in [0.25, 0.3) is 0 Å².